The molecule has 2 atom stereocenters. The summed E-state index contributed by atoms with van der Waals surface area (Å²) in [6.07, 6.45) is 3.94. The van der Waals surface area contributed by atoms with Crippen LogP contribution in [0.4, 0.5) is 19.4 Å². The van der Waals surface area contributed by atoms with Crippen LogP contribution in [-0.4, -0.2) is 34.1 Å². The van der Waals surface area contributed by atoms with Crippen LogP contribution in [0.3, 0.4) is 0 Å². The first-order chi connectivity index (χ1) is 12.1. The van der Waals surface area contributed by atoms with Gasteiger partial charge in [0.05, 0.1) is 24.6 Å². The van der Waals surface area contributed by atoms with Gasteiger partial charge in [-0.3, -0.25) is 9.88 Å². The topological polar surface area (TPSA) is 55.3 Å². The van der Waals surface area contributed by atoms with E-state index in [0.29, 0.717) is 18.7 Å². The van der Waals surface area contributed by atoms with Gasteiger partial charge in [-0.15, -0.1) is 0 Å². The second-order valence-electron chi connectivity index (χ2n) is 8.60. The lowest BCUT2D eigenvalue weighted by atomic mass is 9.74. The molecule has 1 aliphatic carbocycles. The van der Waals surface area contributed by atoms with Crippen LogP contribution in [0, 0.1) is 5.92 Å². The number of alkyl halides is 2. The lowest BCUT2D eigenvalue weighted by Crippen LogP contribution is -2.47. The van der Waals surface area contributed by atoms with Gasteiger partial charge in [0.2, 0.25) is 0 Å². The molecule has 5 nitrogen and oxygen atoms in total. The van der Waals surface area contributed by atoms with Gasteiger partial charge in [-0.2, -0.15) is 0 Å². The number of nitrogens with zero attached hydrogens (tertiary/aromatic N) is 3. The van der Waals surface area contributed by atoms with Crippen molar-refractivity contribution in [1.29, 1.82) is 0 Å². The van der Waals surface area contributed by atoms with Gasteiger partial charge in [0.15, 0.2) is 5.82 Å². The number of hydrogen-bond donors (Lipinski definition) is 0. The predicted molar refractivity (Wildman–Crippen MR) is 94.5 cm³/mol. The molecule has 0 N–H and O–H groups in total. The molecule has 0 radical (unpaired) electrons. The first-order valence-corrected chi connectivity index (χ1v) is 9.27. The highest BCUT2D eigenvalue weighted by atomic mass is 19.3. The quantitative estimate of drug-likeness (QED) is 0.777. The third kappa shape index (κ3) is 3.53. The Morgan fingerprint density at radius 1 is 1.27 bits per heavy atom. The van der Waals surface area contributed by atoms with Crippen molar-refractivity contribution in [3.8, 4) is 0 Å². The van der Waals surface area contributed by atoms with E-state index in [1.807, 2.05) is 27.7 Å². The van der Waals surface area contributed by atoms with Crippen LogP contribution in [-0.2, 0) is 10.2 Å². The van der Waals surface area contributed by atoms with Gasteiger partial charge in [0.25, 0.3) is 5.92 Å². The molecule has 1 saturated carbocycles. The van der Waals surface area contributed by atoms with Crippen LogP contribution < -0.4 is 4.90 Å². The molecule has 26 heavy (non-hydrogen) atoms. The molecule has 0 aromatic carbocycles. The minimum absolute atomic E-state index is 0.138. The van der Waals surface area contributed by atoms with E-state index in [2.05, 4.69) is 9.97 Å². The number of aromatic nitrogens is 2. The Labute approximate surface area is 153 Å². The molecule has 1 spiro atoms. The zero-order chi connectivity index (χ0) is 19.2. The second kappa shape index (κ2) is 6.43. The van der Waals surface area contributed by atoms with Crippen molar-refractivity contribution in [1.82, 2.24) is 9.97 Å². The normalized spacial score (nSPS) is 28.5. The summed E-state index contributed by atoms with van der Waals surface area (Å²) in [6.45, 7) is 8.26. The van der Waals surface area contributed by atoms with E-state index in [1.54, 1.807) is 12.4 Å². The smallest absolute Gasteiger partial charge is 0.416 e. The number of anilines is 1. The van der Waals surface area contributed by atoms with E-state index in [1.165, 1.54) is 4.90 Å². The van der Waals surface area contributed by atoms with Crippen LogP contribution in [0.5, 0.6) is 0 Å². The summed E-state index contributed by atoms with van der Waals surface area (Å²) in [5.74, 6) is -3.03. The first kappa shape index (κ1) is 19.0. The summed E-state index contributed by atoms with van der Waals surface area (Å²) in [5.41, 5.74) is -0.160. The molecule has 2 fully saturated rings. The van der Waals surface area contributed by atoms with Crippen molar-refractivity contribution in [2.45, 2.75) is 76.7 Å². The summed E-state index contributed by atoms with van der Waals surface area (Å²) in [5, 5.41) is 0. The third-order valence-corrected chi connectivity index (χ3v) is 5.42. The SMILES string of the molecule is CCCC1CC2(CCC1(F)F)CN(c1cnc(C(C)(C)C)cn1)C(=O)O2. The van der Waals surface area contributed by atoms with E-state index < -0.39 is 23.5 Å². The Balaban J connectivity index is 1.78. The van der Waals surface area contributed by atoms with Crippen molar-refractivity contribution >= 4 is 11.9 Å². The molecule has 1 aromatic heterocycles. The minimum Gasteiger partial charge on any atom is -0.441 e. The Hall–Kier alpha value is -1.79. The van der Waals surface area contributed by atoms with Crippen molar-refractivity contribution in [3.05, 3.63) is 18.1 Å². The fourth-order valence-corrected chi connectivity index (χ4v) is 3.84. The van der Waals surface area contributed by atoms with Gasteiger partial charge in [-0.25, -0.2) is 18.6 Å². The van der Waals surface area contributed by atoms with Crippen LogP contribution >= 0.6 is 0 Å². The molecule has 1 aliphatic heterocycles. The van der Waals surface area contributed by atoms with E-state index in [0.717, 1.165) is 5.69 Å². The lowest BCUT2D eigenvalue weighted by molar-refractivity contribution is -0.137. The van der Waals surface area contributed by atoms with Crippen molar-refractivity contribution < 1.29 is 18.3 Å². The molecule has 1 saturated heterocycles. The van der Waals surface area contributed by atoms with E-state index in [-0.39, 0.29) is 31.2 Å². The first-order valence-electron chi connectivity index (χ1n) is 9.27. The number of carbonyl (C=O) groups is 1. The summed E-state index contributed by atoms with van der Waals surface area (Å²) < 4.78 is 34.0. The molecule has 2 heterocycles. The Morgan fingerprint density at radius 2 is 2.00 bits per heavy atom. The van der Waals surface area contributed by atoms with Gasteiger partial charge in [-0.1, -0.05) is 34.1 Å². The highest BCUT2D eigenvalue weighted by molar-refractivity contribution is 5.89. The van der Waals surface area contributed by atoms with Gasteiger partial charge in [0.1, 0.15) is 5.60 Å². The number of carbonyl (C=O) groups excluding carboxylic acids is 1. The molecule has 144 valence electrons. The molecular weight excluding hydrogens is 340 g/mol. The van der Waals surface area contributed by atoms with Crippen LogP contribution in [0.1, 0.15) is 65.5 Å². The highest BCUT2D eigenvalue weighted by Crippen LogP contribution is 2.48. The number of rotatable bonds is 3. The lowest BCUT2D eigenvalue weighted by Gasteiger charge is -2.40. The molecule has 2 aliphatic rings. The summed E-state index contributed by atoms with van der Waals surface area (Å²) >= 11 is 0. The fourth-order valence-electron chi connectivity index (χ4n) is 3.84. The summed E-state index contributed by atoms with van der Waals surface area (Å²) in [7, 11) is 0. The molecule has 2 unspecified atom stereocenters. The second-order valence-corrected chi connectivity index (χ2v) is 8.60. The fraction of sp³-hybridized carbons (Fsp3) is 0.737. The molecule has 3 rings (SSSR count). The maximum atomic E-state index is 14.2. The molecule has 1 aromatic rings. The van der Waals surface area contributed by atoms with Gasteiger partial charge >= 0.3 is 6.09 Å². The van der Waals surface area contributed by atoms with Crippen molar-refractivity contribution in [3.63, 3.8) is 0 Å². The summed E-state index contributed by atoms with van der Waals surface area (Å²) in [6, 6.07) is 0. The van der Waals surface area contributed by atoms with E-state index in [9.17, 15) is 13.6 Å². The largest absolute Gasteiger partial charge is 0.441 e. The highest BCUT2D eigenvalue weighted by Gasteiger charge is 2.56. The number of hydrogen-bond acceptors (Lipinski definition) is 4. The minimum atomic E-state index is -2.69. The monoisotopic (exact) mass is 367 g/mol. The van der Waals surface area contributed by atoms with Gasteiger partial charge in [-0.05, 0) is 19.3 Å². The maximum Gasteiger partial charge on any atom is 0.416 e. The molecule has 0 bridgehead atoms. The number of halogens is 2. The zero-order valence-electron chi connectivity index (χ0n) is 15.9. The number of ether oxygens (including phenoxy) is 1. The zero-order valence-corrected chi connectivity index (χ0v) is 15.9. The standard InChI is InChI=1S/C19H27F2N3O2/c1-5-6-13-9-18(7-8-19(13,20)21)12-24(16(25)26-18)15-11-22-14(10-23-15)17(2,3)4/h10-11,13H,5-9,12H2,1-4H3. The van der Waals surface area contributed by atoms with Crippen LogP contribution in [0.15, 0.2) is 12.4 Å². The average molecular weight is 367 g/mol. The average Bonchev–Trinajstić information content (AvgIpc) is 2.88. The van der Waals surface area contributed by atoms with Crippen molar-refractivity contribution in [2.75, 3.05) is 11.4 Å². The van der Waals surface area contributed by atoms with Gasteiger partial charge < -0.3 is 4.74 Å². The third-order valence-electron chi connectivity index (χ3n) is 5.42. The summed E-state index contributed by atoms with van der Waals surface area (Å²) in [4.78, 5) is 22.6. The van der Waals surface area contributed by atoms with E-state index in [4.69, 9.17) is 4.74 Å². The van der Waals surface area contributed by atoms with Crippen molar-refractivity contribution in [2.24, 2.45) is 5.92 Å². The van der Waals surface area contributed by atoms with Crippen LogP contribution in [0.25, 0.3) is 0 Å². The maximum absolute atomic E-state index is 14.2. The van der Waals surface area contributed by atoms with Crippen LogP contribution in [0.2, 0.25) is 0 Å². The Morgan fingerprint density at radius 3 is 2.58 bits per heavy atom. The molecular formula is C19H27F2N3O2. The van der Waals surface area contributed by atoms with E-state index >= 15 is 0 Å². The number of amides is 1. The Kier molecular flexibility index (Phi) is 4.69. The Bertz CT molecular complexity index is 672. The molecule has 7 heteroatoms. The molecule has 1 amide bonds. The predicted octanol–water partition coefficient (Wildman–Crippen LogP) is 4.71. The van der Waals surface area contributed by atoms with Gasteiger partial charge in [0, 0.05) is 17.8 Å².